The smallest absolute Gasteiger partial charge is 0.0465 e. The van der Waals surface area contributed by atoms with Crippen molar-refractivity contribution < 1.29 is 0 Å². The van der Waals surface area contributed by atoms with Crippen molar-refractivity contribution in [3.63, 3.8) is 0 Å². The first kappa shape index (κ1) is 33.2. The zero-order valence-corrected chi connectivity index (χ0v) is 30.6. The van der Waals surface area contributed by atoms with Gasteiger partial charge in [0.15, 0.2) is 0 Å². The largest absolute Gasteiger partial charge is 0.310 e. The van der Waals surface area contributed by atoms with Crippen LogP contribution in [0.3, 0.4) is 0 Å². The summed E-state index contributed by atoms with van der Waals surface area (Å²) in [5.74, 6) is 0. The van der Waals surface area contributed by atoms with E-state index in [2.05, 4.69) is 209 Å². The van der Waals surface area contributed by atoms with Gasteiger partial charge in [0.1, 0.15) is 0 Å². The van der Waals surface area contributed by atoms with E-state index >= 15 is 0 Å². The van der Waals surface area contributed by atoms with Crippen molar-refractivity contribution >= 4 is 29.2 Å². The molecule has 0 N–H and O–H groups in total. The van der Waals surface area contributed by atoms with E-state index in [-0.39, 0.29) is 5.41 Å². The van der Waals surface area contributed by atoms with E-state index in [0.29, 0.717) is 0 Å². The molecule has 254 valence electrons. The standard InChI is InChI=1S/C51H45N/c1-5-51(6-2)48-34-39(23-22-38-24-27-40(28-25-38)42-32-36(3)50(37(4)33-42)41-16-10-7-11-17-41)26-30-46(48)47-31-29-45(35-49(47)51)52(43-18-12-8-13-19-43)44-20-14-9-15-21-44/h7-35H,5-6H2,1-4H3/b23-22+. The number of fused-ring (bicyclic) bond motifs is 3. The minimum atomic E-state index is -0.0441. The van der Waals surface area contributed by atoms with Crippen molar-refractivity contribution in [2.75, 3.05) is 4.90 Å². The summed E-state index contributed by atoms with van der Waals surface area (Å²) in [6.07, 6.45) is 6.61. The highest BCUT2D eigenvalue weighted by Gasteiger charge is 2.41. The number of aryl methyl sites for hydroxylation is 2. The van der Waals surface area contributed by atoms with Crippen molar-refractivity contribution in [2.24, 2.45) is 0 Å². The lowest BCUT2D eigenvalue weighted by molar-refractivity contribution is 0.490. The lowest BCUT2D eigenvalue weighted by Crippen LogP contribution is -2.23. The second-order valence-electron chi connectivity index (χ2n) is 14.1. The van der Waals surface area contributed by atoms with Crippen molar-refractivity contribution in [3.8, 4) is 33.4 Å². The van der Waals surface area contributed by atoms with Crippen LogP contribution in [-0.4, -0.2) is 0 Å². The van der Waals surface area contributed by atoms with Gasteiger partial charge in [0.05, 0.1) is 0 Å². The van der Waals surface area contributed by atoms with Gasteiger partial charge in [-0.1, -0.05) is 153 Å². The van der Waals surface area contributed by atoms with Crippen molar-refractivity contribution in [1.29, 1.82) is 0 Å². The highest BCUT2D eigenvalue weighted by molar-refractivity contribution is 5.87. The normalized spacial score (nSPS) is 12.8. The van der Waals surface area contributed by atoms with Gasteiger partial charge in [-0.25, -0.2) is 0 Å². The lowest BCUT2D eigenvalue weighted by atomic mass is 9.73. The van der Waals surface area contributed by atoms with Gasteiger partial charge >= 0.3 is 0 Å². The first-order valence-corrected chi connectivity index (χ1v) is 18.6. The third-order valence-corrected chi connectivity index (χ3v) is 11.2. The molecule has 8 rings (SSSR count). The number of para-hydroxylation sites is 2. The zero-order valence-electron chi connectivity index (χ0n) is 30.6. The van der Waals surface area contributed by atoms with Gasteiger partial charge in [-0.15, -0.1) is 0 Å². The van der Waals surface area contributed by atoms with E-state index in [9.17, 15) is 0 Å². The third-order valence-electron chi connectivity index (χ3n) is 11.2. The van der Waals surface area contributed by atoms with Crippen LogP contribution in [-0.2, 0) is 5.41 Å². The van der Waals surface area contributed by atoms with Gasteiger partial charge in [-0.2, -0.15) is 0 Å². The van der Waals surface area contributed by atoms with E-state index in [4.69, 9.17) is 0 Å². The van der Waals surface area contributed by atoms with Crippen LogP contribution >= 0.6 is 0 Å². The molecule has 52 heavy (non-hydrogen) atoms. The summed E-state index contributed by atoms with van der Waals surface area (Å²) in [5, 5.41) is 0. The Balaban J connectivity index is 1.08. The molecular formula is C51H45N. The van der Waals surface area contributed by atoms with Gasteiger partial charge in [0, 0.05) is 22.5 Å². The van der Waals surface area contributed by atoms with Crippen molar-refractivity contribution in [2.45, 2.75) is 46.0 Å². The molecule has 1 aliphatic carbocycles. The van der Waals surface area contributed by atoms with Gasteiger partial charge in [0.25, 0.3) is 0 Å². The number of nitrogens with zero attached hydrogens (tertiary/aromatic N) is 1. The molecule has 0 bridgehead atoms. The van der Waals surface area contributed by atoms with Crippen LogP contribution in [0.2, 0.25) is 0 Å². The van der Waals surface area contributed by atoms with E-state index in [1.165, 1.54) is 72.4 Å². The summed E-state index contributed by atoms with van der Waals surface area (Å²) < 4.78 is 0. The van der Waals surface area contributed by atoms with Crippen LogP contribution in [0.15, 0.2) is 164 Å². The quantitative estimate of drug-likeness (QED) is 0.138. The third kappa shape index (κ3) is 5.97. The Bertz CT molecular complexity index is 2300. The minimum Gasteiger partial charge on any atom is -0.310 e. The first-order valence-electron chi connectivity index (χ1n) is 18.6. The minimum absolute atomic E-state index is 0.0441. The Morgan fingerprint density at radius 3 is 1.52 bits per heavy atom. The van der Waals surface area contributed by atoms with Gasteiger partial charge < -0.3 is 4.90 Å². The molecule has 1 heteroatoms. The average Bonchev–Trinajstić information content (AvgIpc) is 3.47. The molecule has 0 aromatic heterocycles. The maximum Gasteiger partial charge on any atom is 0.0465 e. The molecule has 0 aliphatic heterocycles. The Kier molecular flexibility index (Phi) is 8.95. The molecule has 0 saturated carbocycles. The van der Waals surface area contributed by atoms with Crippen molar-refractivity contribution in [3.05, 3.63) is 197 Å². The molecule has 0 fully saturated rings. The van der Waals surface area contributed by atoms with Crippen LogP contribution in [0.1, 0.15) is 60.1 Å². The monoisotopic (exact) mass is 671 g/mol. The number of anilines is 3. The Hall–Kier alpha value is -5.92. The van der Waals surface area contributed by atoms with Gasteiger partial charge in [-0.05, 0) is 130 Å². The summed E-state index contributed by atoms with van der Waals surface area (Å²) in [4.78, 5) is 2.38. The van der Waals surface area contributed by atoms with Crippen molar-refractivity contribution in [1.82, 2.24) is 0 Å². The maximum absolute atomic E-state index is 2.46. The number of hydrogen-bond acceptors (Lipinski definition) is 1. The highest BCUT2D eigenvalue weighted by Crippen LogP contribution is 2.54. The number of hydrogen-bond donors (Lipinski definition) is 0. The SMILES string of the molecule is CCC1(CC)c2cc(/C=C/c3ccc(-c4cc(C)c(-c5ccccc5)c(C)c4)cc3)ccc2-c2ccc(N(c3ccccc3)c3ccccc3)cc21. The van der Waals surface area contributed by atoms with Crippen LogP contribution < -0.4 is 4.90 Å². The van der Waals surface area contributed by atoms with Crippen LogP contribution in [0.4, 0.5) is 17.1 Å². The molecule has 0 saturated heterocycles. The first-order chi connectivity index (χ1) is 25.5. The fraction of sp³-hybridized carbons (Fsp3) is 0.137. The average molecular weight is 672 g/mol. The predicted molar refractivity (Wildman–Crippen MR) is 224 cm³/mol. The Morgan fingerprint density at radius 1 is 0.442 bits per heavy atom. The van der Waals surface area contributed by atoms with E-state index in [1.807, 2.05) is 0 Å². The molecule has 1 aliphatic rings. The fourth-order valence-corrected chi connectivity index (χ4v) is 8.53. The summed E-state index contributed by atoms with van der Waals surface area (Å²) >= 11 is 0. The highest BCUT2D eigenvalue weighted by atomic mass is 15.1. The van der Waals surface area contributed by atoms with E-state index in [1.54, 1.807) is 0 Å². The molecule has 0 spiro atoms. The second-order valence-corrected chi connectivity index (χ2v) is 14.1. The summed E-state index contributed by atoms with van der Waals surface area (Å²) in [7, 11) is 0. The topological polar surface area (TPSA) is 3.24 Å². The molecule has 7 aromatic rings. The summed E-state index contributed by atoms with van der Waals surface area (Å²) in [5.41, 5.74) is 19.2. The van der Waals surface area contributed by atoms with Crippen LogP contribution in [0.5, 0.6) is 0 Å². The Labute approximate surface area is 309 Å². The van der Waals surface area contributed by atoms with Crippen LogP contribution in [0, 0.1) is 13.8 Å². The predicted octanol–water partition coefficient (Wildman–Crippen LogP) is 14.4. The number of rotatable bonds is 9. The Morgan fingerprint density at radius 2 is 0.942 bits per heavy atom. The van der Waals surface area contributed by atoms with E-state index < -0.39 is 0 Å². The molecule has 0 heterocycles. The fourth-order valence-electron chi connectivity index (χ4n) is 8.53. The molecule has 0 radical (unpaired) electrons. The molecular weight excluding hydrogens is 627 g/mol. The lowest BCUT2D eigenvalue weighted by Gasteiger charge is -2.32. The van der Waals surface area contributed by atoms with Crippen LogP contribution in [0.25, 0.3) is 45.5 Å². The molecule has 0 amide bonds. The van der Waals surface area contributed by atoms with Gasteiger partial charge in [0.2, 0.25) is 0 Å². The summed E-state index contributed by atoms with van der Waals surface area (Å²) in [6.45, 7) is 9.15. The molecule has 7 aromatic carbocycles. The zero-order chi connectivity index (χ0) is 35.7. The molecule has 1 nitrogen and oxygen atoms in total. The molecule has 0 atom stereocenters. The number of benzene rings is 7. The maximum atomic E-state index is 2.46. The second kappa shape index (κ2) is 14.0. The van der Waals surface area contributed by atoms with Gasteiger partial charge in [-0.3, -0.25) is 0 Å². The summed E-state index contributed by atoms with van der Waals surface area (Å²) in [6, 6.07) is 59.9. The molecule has 0 unspecified atom stereocenters. The van der Waals surface area contributed by atoms with E-state index in [0.717, 1.165) is 24.2 Å².